The van der Waals surface area contributed by atoms with Crippen LogP contribution in [0.25, 0.3) is 10.8 Å². The predicted octanol–water partition coefficient (Wildman–Crippen LogP) is 5.13. The predicted molar refractivity (Wildman–Crippen MR) is 117 cm³/mol. The van der Waals surface area contributed by atoms with Gasteiger partial charge >= 0.3 is 11.9 Å². The third-order valence-electron chi connectivity index (χ3n) is 5.36. The van der Waals surface area contributed by atoms with Crippen LogP contribution in [-0.4, -0.2) is 28.9 Å². The molecule has 1 heterocycles. The van der Waals surface area contributed by atoms with Gasteiger partial charge in [0.15, 0.2) is 11.2 Å². The number of hydrogen-bond acceptors (Lipinski definition) is 5. The smallest absolute Gasteiger partial charge is 0.324 e. The van der Waals surface area contributed by atoms with Crippen molar-refractivity contribution >= 4 is 39.8 Å². The van der Waals surface area contributed by atoms with Crippen LogP contribution in [0.15, 0.2) is 59.3 Å². The second-order valence-corrected chi connectivity index (χ2v) is 8.22. The molecule has 0 aliphatic carbocycles. The Morgan fingerprint density at radius 3 is 2.50 bits per heavy atom. The maximum absolute atomic E-state index is 13.2. The van der Waals surface area contributed by atoms with E-state index in [-0.39, 0.29) is 12.2 Å². The van der Waals surface area contributed by atoms with Crippen molar-refractivity contribution in [1.82, 2.24) is 0 Å². The first-order valence-electron chi connectivity index (χ1n) is 9.84. The summed E-state index contributed by atoms with van der Waals surface area (Å²) in [6, 6.07) is 14.8. The molecule has 2 aromatic carbocycles. The Bertz CT molecular complexity index is 1050. The van der Waals surface area contributed by atoms with E-state index < -0.39 is 29.9 Å². The number of rotatable bonds is 9. The molecule has 2 atom stereocenters. The summed E-state index contributed by atoms with van der Waals surface area (Å²) < 4.78 is 5.46. The molecule has 1 N–H and O–H groups in total. The summed E-state index contributed by atoms with van der Waals surface area (Å²) in [7, 11) is 0. The molecule has 0 aliphatic heterocycles. The first kappa shape index (κ1) is 21.7. The first-order valence-corrected chi connectivity index (χ1v) is 10.8. The zero-order chi connectivity index (χ0) is 21.7. The van der Waals surface area contributed by atoms with E-state index in [0.29, 0.717) is 17.5 Å². The largest absolute Gasteiger partial charge is 0.480 e. The highest BCUT2D eigenvalue weighted by Gasteiger charge is 2.50. The number of aliphatic carboxylic acids is 1. The zero-order valence-electron chi connectivity index (χ0n) is 17.0. The minimum absolute atomic E-state index is 0.130. The molecular formula is C24H24O5S. The van der Waals surface area contributed by atoms with E-state index in [1.54, 1.807) is 29.8 Å². The van der Waals surface area contributed by atoms with E-state index in [1.165, 1.54) is 11.3 Å². The minimum atomic E-state index is -2.01. The third-order valence-corrected chi connectivity index (χ3v) is 6.04. The lowest BCUT2D eigenvalue weighted by Crippen LogP contribution is -2.45. The molecule has 2 unspecified atom stereocenters. The fourth-order valence-corrected chi connectivity index (χ4v) is 4.06. The first-order chi connectivity index (χ1) is 14.4. The van der Waals surface area contributed by atoms with Crippen molar-refractivity contribution in [2.75, 3.05) is 0 Å². The lowest BCUT2D eigenvalue weighted by molar-refractivity contribution is -0.172. The van der Waals surface area contributed by atoms with Crippen LogP contribution >= 0.6 is 11.3 Å². The number of carbonyl (C=O) groups excluding carboxylic acids is 2. The number of hydrogen-bond donors (Lipinski definition) is 1. The van der Waals surface area contributed by atoms with E-state index in [0.717, 1.165) is 10.8 Å². The van der Waals surface area contributed by atoms with E-state index >= 15 is 0 Å². The third kappa shape index (κ3) is 4.44. The molecule has 0 fully saturated rings. The van der Waals surface area contributed by atoms with Crippen molar-refractivity contribution in [3.8, 4) is 0 Å². The summed E-state index contributed by atoms with van der Waals surface area (Å²) in [5.41, 5.74) is -0.915. The summed E-state index contributed by atoms with van der Waals surface area (Å²) in [5, 5.41) is 15.4. The summed E-state index contributed by atoms with van der Waals surface area (Å²) in [6.07, 6.45) is -0.486. The molecule has 5 nitrogen and oxygen atoms in total. The van der Waals surface area contributed by atoms with Crippen LogP contribution in [0.1, 0.15) is 42.6 Å². The molecule has 3 aromatic rings. The van der Waals surface area contributed by atoms with Gasteiger partial charge < -0.3 is 9.84 Å². The second kappa shape index (κ2) is 9.22. The minimum Gasteiger partial charge on any atom is -0.480 e. The average Bonchev–Trinajstić information content (AvgIpc) is 3.28. The van der Waals surface area contributed by atoms with Gasteiger partial charge in [0.05, 0.1) is 6.10 Å². The van der Waals surface area contributed by atoms with Crippen LogP contribution in [0.3, 0.4) is 0 Å². The Kier molecular flexibility index (Phi) is 6.67. The van der Waals surface area contributed by atoms with Gasteiger partial charge in [-0.3, -0.25) is 14.4 Å². The molecule has 0 radical (unpaired) electrons. The van der Waals surface area contributed by atoms with Crippen molar-refractivity contribution in [2.45, 2.75) is 39.2 Å². The molecule has 0 amide bonds. The quantitative estimate of drug-likeness (QED) is 0.293. The number of ether oxygens (including phenoxy) is 1. The molecule has 0 saturated carbocycles. The lowest BCUT2D eigenvalue weighted by Gasteiger charge is -2.28. The standard InChI is InChI=1S/C24H24O5S/c1-3-16(2)29-23(28)24(22(26)27,14-21(25)19-11-12-30-15-19)13-18-9-6-8-17-7-4-5-10-20(17)18/h4-12,15-16H,3,13-14H2,1-2H3,(H,26,27). The van der Waals surface area contributed by atoms with Crippen molar-refractivity contribution in [1.29, 1.82) is 0 Å². The summed E-state index contributed by atoms with van der Waals surface area (Å²) in [5.74, 6) is -2.62. The molecule has 6 heteroatoms. The topological polar surface area (TPSA) is 80.7 Å². The molecule has 0 saturated heterocycles. The SMILES string of the molecule is CCC(C)OC(=O)C(CC(=O)c1ccsc1)(Cc1cccc2ccccc12)C(=O)O. The monoisotopic (exact) mass is 424 g/mol. The van der Waals surface area contributed by atoms with Gasteiger partial charge in [0, 0.05) is 23.8 Å². The van der Waals surface area contributed by atoms with Gasteiger partial charge in [0.25, 0.3) is 0 Å². The Balaban J connectivity index is 2.07. The molecule has 0 spiro atoms. The zero-order valence-corrected chi connectivity index (χ0v) is 17.8. The Morgan fingerprint density at radius 2 is 1.83 bits per heavy atom. The molecule has 156 valence electrons. The Labute approximate surface area is 179 Å². The normalized spacial score (nSPS) is 14.1. The van der Waals surface area contributed by atoms with Gasteiger partial charge in [0.1, 0.15) is 0 Å². The Morgan fingerprint density at radius 1 is 1.10 bits per heavy atom. The highest BCUT2D eigenvalue weighted by molar-refractivity contribution is 7.08. The van der Waals surface area contributed by atoms with Gasteiger partial charge in [0.2, 0.25) is 0 Å². The van der Waals surface area contributed by atoms with E-state index in [2.05, 4.69) is 0 Å². The number of fused-ring (bicyclic) bond motifs is 1. The summed E-state index contributed by atoms with van der Waals surface area (Å²) >= 11 is 1.35. The van der Waals surface area contributed by atoms with Crippen molar-refractivity contribution in [3.63, 3.8) is 0 Å². The molecule has 0 aliphatic rings. The number of carboxylic acid groups (broad SMARTS) is 1. The van der Waals surface area contributed by atoms with Gasteiger partial charge in [-0.05, 0) is 41.1 Å². The number of carboxylic acids is 1. The molecule has 30 heavy (non-hydrogen) atoms. The lowest BCUT2D eigenvalue weighted by atomic mass is 9.75. The van der Waals surface area contributed by atoms with Gasteiger partial charge in [-0.15, -0.1) is 0 Å². The highest BCUT2D eigenvalue weighted by Crippen LogP contribution is 2.35. The van der Waals surface area contributed by atoms with Crippen molar-refractivity contribution in [3.05, 3.63) is 70.4 Å². The molecule has 1 aromatic heterocycles. The average molecular weight is 425 g/mol. The summed E-state index contributed by atoms with van der Waals surface area (Å²) in [4.78, 5) is 38.6. The number of carbonyl (C=O) groups is 3. The summed E-state index contributed by atoms with van der Waals surface area (Å²) in [6.45, 7) is 3.56. The maximum atomic E-state index is 13.2. The van der Waals surface area contributed by atoms with Crippen LogP contribution < -0.4 is 0 Å². The van der Waals surface area contributed by atoms with Crippen molar-refractivity contribution < 1.29 is 24.2 Å². The van der Waals surface area contributed by atoms with E-state index in [9.17, 15) is 19.5 Å². The van der Waals surface area contributed by atoms with Gasteiger partial charge in [-0.1, -0.05) is 49.4 Å². The maximum Gasteiger partial charge on any atom is 0.324 e. The van der Waals surface area contributed by atoms with Crippen LogP contribution in [0, 0.1) is 5.41 Å². The number of benzene rings is 2. The van der Waals surface area contributed by atoms with E-state index in [4.69, 9.17) is 4.74 Å². The number of Topliss-reactive ketones (excluding diaryl/α,β-unsaturated/α-hetero) is 1. The molecule has 0 bridgehead atoms. The van der Waals surface area contributed by atoms with Crippen LogP contribution in [0.5, 0.6) is 0 Å². The fraction of sp³-hybridized carbons (Fsp3) is 0.292. The molecule has 3 rings (SSSR count). The van der Waals surface area contributed by atoms with Crippen LogP contribution in [0.2, 0.25) is 0 Å². The number of esters is 1. The molecular weight excluding hydrogens is 400 g/mol. The van der Waals surface area contributed by atoms with Gasteiger partial charge in [-0.25, -0.2) is 0 Å². The number of ketones is 1. The van der Waals surface area contributed by atoms with Crippen molar-refractivity contribution in [2.24, 2.45) is 5.41 Å². The van der Waals surface area contributed by atoms with Crippen LogP contribution in [-0.2, 0) is 20.7 Å². The number of thiophene rings is 1. The van der Waals surface area contributed by atoms with Gasteiger partial charge in [-0.2, -0.15) is 11.3 Å². The fourth-order valence-electron chi connectivity index (χ4n) is 3.40. The second-order valence-electron chi connectivity index (χ2n) is 7.44. The highest BCUT2D eigenvalue weighted by atomic mass is 32.1. The van der Waals surface area contributed by atoms with E-state index in [1.807, 2.05) is 43.3 Å². The Hall–Kier alpha value is -2.99. The van der Waals surface area contributed by atoms with Crippen LogP contribution in [0.4, 0.5) is 0 Å².